The van der Waals surface area contributed by atoms with Crippen molar-refractivity contribution in [3.63, 3.8) is 0 Å². The van der Waals surface area contributed by atoms with Crippen LogP contribution in [0.3, 0.4) is 0 Å². The molecule has 0 saturated carbocycles. The number of rotatable bonds is 4. The van der Waals surface area contributed by atoms with Crippen LogP contribution in [0.1, 0.15) is 18.0 Å². The molecule has 0 aliphatic carbocycles. The predicted octanol–water partition coefficient (Wildman–Crippen LogP) is 2.53. The van der Waals surface area contributed by atoms with Crippen LogP contribution in [0.2, 0.25) is 0 Å². The molecular weight excluding hydrogens is 350 g/mol. The van der Waals surface area contributed by atoms with E-state index in [-0.39, 0.29) is 10.6 Å². The van der Waals surface area contributed by atoms with E-state index >= 15 is 0 Å². The summed E-state index contributed by atoms with van der Waals surface area (Å²) in [6.45, 7) is 1.74. The molecule has 0 bridgehead atoms. The van der Waals surface area contributed by atoms with Gasteiger partial charge < -0.3 is 5.73 Å². The zero-order valence-corrected chi connectivity index (χ0v) is 13.2. The molecular formula is C11H12BrN3O2S2. The van der Waals surface area contributed by atoms with Crippen LogP contribution in [0.15, 0.2) is 39.1 Å². The lowest BCUT2D eigenvalue weighted by Crippen LogP contribution is -2.27. The molecule has 0 radical (unpaired) electrons. The zero-order chi connectivity index (χ0) is 14.0. The van der Waals surface area contributed by atoms with Crippen LogP contribution in [0.4, 0.5) is 5.69 Å². The lowest BCUT2D eigenvalue weighted by atomic mass is 10.3. The fourth-order valence-electron chi connectivity index (χ4n) is 1.56. The van der Waals surface area contributed by atoms with Crippen molar-refractivity contribution in [2.75, 3.05) is 5.73 Å². The first kappa shape index (κ1) is 14.4. The number of nitrogens with two attached hydrogens (primary N) is 1. The molecule has 102 valence electrons. The number of nitrogen functional groups attached to an aromatic ring is 1. The Morgan fingerprint density at radius 3 is 2.79 bits per heavy atom. The van der Waals surface area contributed by atoms with Gasteiger partial charge in [0.25, 0.3) is 0 Å². The smallest absolute Gasteiger partial charge is 0.243 e. The molecule has 2 rings (SSSR count). The molecule has 1 atom stereocenters. The Hall–Kier alpha value is -0.960. The Labute approximate surface area is 124 Å². The summed E-state index contributed by atoms with van der Waals surface area (Å²) in [6.07, 6.45) is 1.64. The first-order chi connectivity index (χ1) is 8.90. The number of anilines is 1. The molecule has 0 spiro atoms. The van der Waals surface area contributed by atoms with E-state index in [4.69, 9.17) is 5.73 Å². The minimum absolute atomic E-state index is 0.0686. The molecule has 1 aromatic carbocycles. The van der Waals surface area contributed by atoms with E-state index in [9.17, 15) is 8.42 Å². The standard InChI is InChI=1S/C11H12BrN3O2S2/c1-7(11-14-4-5-18-11)15-19(16,17)10-3-2-8(12)6-9(10)13/h2-7,15H,13H2,1H3. The number of hydrogen-bond donors (Lipinski definition) is 2. The van der Waals surface area contributed by atoms with Crippen molar-refractivity contribution >= 4 is 43.0 Å². The van der Waals surface area contributed by atoms with Crippen LogP contribution in [-0.2, 0) is 10.0 Å². The first-order valence-corrected chi connectivity index (χ1v) is 8.52. The van der Waals surface area contributed by atoms with Crippen molar-refractivity contribution in [2.24, 2.45) is 0 Å². The molecule has 1 unspecified atom stereocenters. The summed E-state index contributed by atoms with van der Waals surface area (Å²) in [4.78, 5) is 4.15. The van der Waals surface area contributed by atoms with E-state index < -0.39 is 16.1 Å². The van der Waals surface area contributed by atoms with Crippen LogP contribution in [-0.4, -0.2) is 13.4 Å². The van der Waals surface area contributed by atoms with Crippen LogP contribution in [0.25, 0.3) is 0 Å². The number of nitrogens with one attached hydrogen (secondary N) is 1. The van der Waals surface area contributed by atoms with Gasteiger partial charge in [-0.2, -0.15) is 0 Å². The maximum absolute atomic E-state index is 12.2. The molecule has 0 saturated heterocycles. The highest BCUT2D eigenvalue weighted by Gasteiger charge is 2.21. The first-order valence-electron chi connectivity index (χ1n) is 5.37. The summed E-state index contributed by atoms with van der Waals surface area (Å²) in [7, 11) is -3.66. The van der Waals surface area contributed by atoms with Crippen molar-refractivity contribution in [3.8, 4) is 0 Å². The van der Waals surface area contributed by atoms with Gasteiger partial charge in [-0.1, -0.05) is 15.9 Å². The molecule has 3 N–H and O–H groups in total. The van der Waals surface area contributed by atoms with E-state index in [1.54, 1.807) is 30.6 Å². The Morgan fingerprint density at radius 1 is 1.47 bits per heavy atom. The van der Waals surface area contributed by atoms with Gasteiger partial charge in [0.15, 0.2) is 0 Å². The van der Waals surface area contributed by atoms with E-state index in [1.807, 2.05) is 0 Å². The minimum Gasteiger partial charge on any atom is -0.398 e. The van der Waals surface area contributed by atoms with Gasteiger partial charge in [0.05, 0.1) is 11.7 Å². The monoisotopic (exact) mass is 361 g/mol. The molecule has 5 nitrogen and oxygen atoms in total. The molecule has 2 aromatic rings. The summed E-state index contributed by atoms with van der Waals surface area (Å²) in [5, 5.41) is 2.51. The van der Waals surface area contributed by atoms with Gasteiger partial charge in [0, 0.05) is 16.0 Å². The van der Waals surface area contributed by atoms with Crippen LogP contribution >= 0.6 is 27.3 Å². The summed E-state index contributed by atoms with van der Waals surface area (Å²) < 4.78 is 27.8. The Balaban J connectivity index is 2.28. The fraction of sp³-hybridized carbons (Fsp3) is 0.182. The predicted molar refractivity (Wildman–Crippen MR) is 79.4 cm³/mol. The summed E-state index contributed by atoms with van der Waals surface area (Å²) in [5.41, 5.74) is 5.94. The van der Waals surface area contributed by atoms with Crippen molar-refractivity contribution in [2.45, 2.75) is 17.9 Å². The number of thiazole rings is 1. The van der Waals surface area contributed by atoms with E-state index in [2.05, 4.69) is 25.6 Å². The van der Waals surface area contributed by atoms with Crippen molar-refractivity contribution in [1.29, 1.82) is 0 Å². The van der Waals surface area contributed by atoms with E-state index in [0.717, 1.165) is 4.47 Å². The van der Waals surface area contributed by atoms with Gasteiger partial charge in [0.1, 0.15) is 9.90 Å². The molecule has 0 aliphatic heterocycles. The Kier molecular flexibility index (Phi) is 4.24. The Morgan fingerprint density at radius 2 is 2.21 bits per heavy atom. The van der Waals surface area contributed by atoms with Crippen LogP contribution in [0.5, 0.6) is 0 Å². The van der Waals surface area contributed by atoms with Gasteiger partial charge in [-0.3, -0.25) is 0 Å². The third-order valence-electron chi connectivity index (χ3n) is 2.42. The van der Waals surface area contributed by atoms with Crippen molar-refractivity contribution in [1.82, 2.24) is 9.71 Å². The lowest BCUT2D eigenvalue weighted by molar-refractivity contribution is 0.566. The number of sulfonamides is 1. The van der Waals surface area contributed by atoms with E-state index in [0.29, 0.717) is 5.01 Å². The SMILES string of the molecule is CC(NS(=O)(=O)c1ccc(Br)cc1N)c1nccs1. The average molecular weight is 362 g/mol. The second kappa shape index (κ2) is 5.58. The van der Waals surface area contributed by atoms with Gasteiger partial charge in [0.2, 0.25) is 10.0 Å². The van der Waals surface area contributed by atoms with Crippen LogP contribution in [0, 0.1) is 0 Å². The number of nitrogens with zero attached hydrogens (tertiary/aromatic N) is 1. The molecule has 8 heteroatoms. The van der Waals surface area contributed by atoms with E-state index in [1.165, 1.54) is 17.4 Å². The molecule has 0 fully saturated rings. The molecule has 1 heterocycles. The molecule has 1 aromatic heterocycles. The molecule has 0 aliphatic rings. The molecule has 0 amide bonds. The van der Waals surface area contributed by atoms with Crippen LogP contribution < -0.4 is 10.5 Å². The maximum atomic E-state index is 12.2. The topological polar surface area (TPSA) is 85.1 Å². The minimum atomic E-state index is -3.66. The summed E-state index contributed by atoms with van der Waals surface area (Å²) >= 11 is 4.64. The number of halogens is 1. The normalized spacial score (nSPS) is 13.4. The third kappa shape index (κ3) is 3.33. The highest BCUT2D eigenvalue weighted by molar-refractivity contribution is 9.10. The van der Waals surface area contributed by atoms with Crippen molar-refractivity contribution in [3.05, 3.63) is 39.3 Å². The van der Waals surface area contributed by atoms with Gasteiger partial charge >= 0.3 is 0 Å². The van der Waals surface area contributed by atoms with Gasteiger partial charge in [-0.25, -0.2) is 18.1 Å². The Bertz CT molecular complexity index is 671. The second-order valence-corrected chi connectivity index (χ2v) is 7.42. The number of benzene rings is 1. The molecule has 19 heavy (non-hydrogen) atoms. The quantitative estimate of drug-likeness (QED) is 0.819. The summed E-state index contributed by atoms with van der Waals surface area (Å²) in [5.74, 6) is 0. The summed E-state index contributed by atoms with van der Waals surface area (Å²) in [6, 6.07) is 4.27. The van der Waals surface area contributed by atoms with Gasteiger partial charge in [-0.05, 0) is 25.1 Å². The second-order valence-electron chi connectivity index (χ2n) is 3.90. The lowest BCUT2D eigenvalue weighted by Gasteiger charge is -2.13. The highest BCUT2D eigenvalue weighted by Crippen LogP contribution is 2.25. The largest absolute Gasteiger partial charge is 0.398 e. The average Bonchev–Trinajstić information content (AvgIpc) is 2.80. The number of hydrogen-bond acceptors (Lipinski definition) is 5. The van der Waals surface area contributed by atoms with Gasteiger partial charge in [-0.15, -0.1) is 11.3 Å². The zero-order valence-electron chi connectivity index (χ0n) is 10.00. The number of aromatic nitrogens is 1. The van der Waals surface area contributed by atoms with Crippen molar-refractivity contribution < 1.29 is 8.42 Å². The highest BCUT2D eigenvalue weighted by atomic mass is 79.9. The fourth-order valence-corrected chi connectivity index (χ4v) is 3.98. The third-order valence-corrected chi connectivity index (χ3v) is 5.48. The maximum Gasteiger partial charge on any atom is 0.243 e.